The van der Waals surface area contributed by atoms with E-state index in [0.29, 0.717) is 12.1 Å². The Morgan fingerprint density at radius 2 is 1.80 bits per heavy atom. The standard InChI is InChI=1S/C20H27F3N4OS.HI/c1-4-24-19(25-10-9-18-27-14(2)15(3)29-18)26-11-16-5-7-17(8-6-16)12-28-13-20(21,22)23;/h5-8H,4,9-13H2,1-3H3,(H2,24,25,26);1H. The number of hydrogen-bond donors (Lipinski definition) is 2. The van der Waals surface area contributed by atoms with Gasteiger partial charge in [-0.3, -0.25) is 0 Å². The molecule has 0 unspecified atom stereocenters. The Kier molecular flexibility index (Phi) is 11.6. The second-order valence-electron chi connectivity index (χ2n) is 6.55. The molecule has 0 spiro atoms. The zero-order valence-corrected chi connectivity index (χ0v) is 20.5. The van der Waals surface area contributed by atoms with E-state index in [1.54, 1.807) is 23.5 Å². The fourth-order valence-corrected chi connectivity index (χ4v) is 3.41. The van der Waals surface area contributed by atoms with Gasteiger partial charge < -0.3 is 15.4 Å². The predicted octanol–water partition coefficient (Wildman–Crippen LogP) is 4.75. The van der Waals surface area contributed by atoms with E-state index in [1.807, 2.05) is 26.0 Å². The molecule has 30 heavy (non-hydrogen) atoms. The Hall–Kier alpha value is -1.40. The summed E-state index contributed by atoms with van der Waals surface area (Å²) in [7, 11) is 0. The van der Waals surface area contributed by atoms with Crippen molar-refractivity contribution in [1.82, 2.24) is 15.6 Å². The number of aryl methyl sites for hydroxylation is 2. The molecule has 1 heterocycles. The molecule has 10 heteroatoms. The van der Waals surface area contributed by atoms with E-state index in [4.69, 9.17) is 0 Å². The van der Waals surface area contributed by atoms with Crippen LogP contribution >= 0.6 is 35.3 Å². The molecule has 2 rings (SSSR count). The first kappa shape index (κ1) is 26.6. The van der Waals surface area contributed by atoms with Crippen molar-refractivity contribution >= 4 is 41.3 Å². The molecule has 0 aliphatic carbocycles. The summed E-state index contributed by atoms with van der Waals surface area (Å²) >= 11 is 1.71. The first-order valence-corrected chi connectivity index (χ1v) is 10.3. The molecule has 2 N–H and O–H groups in total. The minimum atomic E-state index is -4.30. The molecule has 1 aromatic carbocycles. The van der Waals surface area contributed by atoms with Crippen LogP contribution in [0.5, 0.6) is 0 Å². The summed E-state index contributed by atoms with van der Waals surface area (Å²) in [6, 6.07) is 7.21. The van der Waals surface area contributed by atoms with Crippen molar-refractivity contribution in [3.63, 3.8) is 0 Å². The second kappa shape index (κ2) is 13.1. The third-order valence-electron chi connectivity index (χ3n) is 4.03. The van der Waals surface area contributed by atoms with Gasteiger partial charge in [-0.2, -0.15) is 13.2 Å². The number of aromatic nitrogens is 1. The molecule has 0 radical (unpaired) electrons. The number of aliphatic imine (C=N–C) groups is 1. The summed E-state index contributed by atoms with van der Waals surface area (Å²) in [4.78, 5) is 10.3. The molecule has 0 atom stereocenters. The Morgan fingerprint density at radius 3 is 2.37 bits per heavy atom. The van der Waals surface area contributed by atoms with Gasteiger partial charge in [0.15, 0.2) is 5.96 Å². The molecule has 0 aliphatic heterocycles. The van der Waals surface area contributed by atoms with Crippen LogP contribution in [-0.4, -0.2) is 36.8 Å². The largest absolute Gasteiger partial charge is 0.411 e. The van der Waals surface area contributed by atoms with Crippen molar-refractivity contribution in [1.29, 1.82) is 0 Å². The molecule has 5 nitrogen and oxygen atoms in total. The quantitative estimate of drug-likeness (QED) is 0.266. The third kappa shape index (κ3) is 10.1. The van der Waals surface area contributed by atoms with Crippen molar-refractivity contribution < 1.29 is 17.9 Å². The van der Waals surface area contributed by atoms with Gasteiger partial charge in [-0.1, -0.05) is 24.3 Å². The second-order valence-corrected chi connectivity index (χ2v) is 7.83. The Labute approximate surface area is 196 Å². The van der Waals surface area contributed by atoms with Crippen LogP contribution in [0.2, 0.25) is 0 Å². The number of thiazole rings is 1. The highest BCUT2D eigenvalue weighted by molar-refractivity contribution is 14.0. The number of ether oxygens (including phenoxy) is 1. The molecule has 0 amide bonds. The maximum absolute atomic E-state index is 12.1. The van der Waals surface area contributed by atoms with Crippen molar-refractivity contribution in [2.45, 2.75) is 46.5 Å². The fraction of sp³-hybridized carbons (Fsp3) is 0.500. The maximum atomic E-state index is 12.1. The smallest absolute Gasteiger partial charge is 0.367 e. The van der Waals surface area contributed by atoms with Crippen molar-refractivity contribution in [3.05, 3.63) is 51.0 Å². The number of guanidine groups is 1. The number of nitrogens with one attached hydrogen (secondary N) is 2. The molecule has 168 valence electrons. The number of hydrogen-bond acceptors (Lipinski definition) is 4. The summed E-state index contributed by atoms with van der Waals surface area (Å²) in [5.41, 5.74) is 2.74. The molecule has 0 saturated carbocycles. The van der Waals surface area contributed by atoms with Crippen molar-refractivity contribution in [3.8, 4) is 0 Å². The van der Waals surface area contributed by atoms with Gasteiger partial charge in [0.2, 0.25) is 0 Å². The van der Waals surface area contributed by atoms with E-state index in [1.165, 1.54) is 4.88 Å². The maximum Gasteiger partial charge on any atom is 0.411 e. The Balaban J connectivity index is 0.00000450. The van der Waals surface area contributed by atoms with Crippen LogP contribution in [-0.2, 0) is 24.3 Å². The summed E-state index contributed by atoms with van der Waals surface area (Å²) in [6.07, 6.45) is -3.47. The van der Waals surface area contributed by atoms with Crippen molar-refractivity contribution in [2.75, 3.05) is 19.7 Å². The Bertz CT molecular complexity index is 775. The van der Waals surface area contributed by atoms with Crippen LogP contribution in [0.3, 0.4) is 0 Å². The molecule has 2 aromatic rings. The van der Waals surface area contributed by atoms with E-state index >= 15 is 0 Å². The zero-order chi connectivity index (χ0) is 21.3. The van der Waals surface area contributed by atoms with Gasteiger partial charge in [-0.05, 0) is 31.9 Å². The molecule has 1 aromatic heterocycles. The van der Waals surface area contributed by atoms with Gasteiger partial charge in [0.05, 0.1) is 23.9 Å². The lowest BCUT2D eigenvalue weighted by molar-refractivity contribution is -0.176. The monoisotopic (exact) mass is 556 g/mol. The van der Waals surface area contributed by atoms with E-state index in [2.05, 4.69) is 32.3 Å². The summed E-state index contributed by atoms with van der Waals surface area (Å²) in [5.74, 6) is 0.718. The summed E-state index contributed by atoms with van der Waals surface area (Å²) < 4.78 is 41.0. The minimum absolute atomic E-state index is 0. The van der Waals surface area contributed by atoms with Crippen LogP contribution < -0.4 is 10.6 Å². The van der Waals surface area contributed by atoms with Gasteiger partial charge in [-0.15, -0.1) is 35.3 Å². The van der Waals surface area contributed by atoms with Crippen LogP contribution in [0.4, 0.5) is 13.2 Å². The lowest BCUT2D eigenvalue weighted by Gasteiger charge is -2.11. The first-order valence-electron chi connectivity index (χ1n) is 9.44. The highest BCUT2D eigenvalue weighted by Gasteiger charge is 2.27. The van der Waals surface area contributed by atoms with E-state index < -0.39 is 12.8 Å². The molecule has 0 aliphatic rings. The van der Waals surface area contributed by atoms with E-state index in [9.17, 15) is 13.2 Å². The van der Waals surface area contributed by atoms with Crippen LogP contribution in [0.1, 0.15) is 33.6 Å². The molecule has 0 saturated heterocycles. The molecular formula is C20H28F3IN4OS. The first-order chi connectivity index (χ1) is 13.8. The number of alkyl halides is 3. The normalized spacial score (nSPS) is 11.9. The van der Waals surface area contributed by atoms with Gasteiger partial charge in [0.1, 0.15) is 6.61 Å². The lowest BCUT2D eigenvalue weighted by Crippen LogP contribution is -2.38. The van der Waals surface area contributed by atoms with Crippen molar-refractivity contribution in [2.24, 2.45) is 4.99 Å². The van der Waals surface area contributed by atoms with Gasteiger partial charge in [-0.25, -0.2) is 9.98 Å². The molecule has 0 fully saturated rings. The van der Waals surface area contributed by atoms with Crippen LogP contribution in [0, 0.1) is 13.8 Å². The highest BCUT2D eigenvalue weighted by atomic mass is 127. The highest BCUT2D eigenvalue weighted by Crippen LogP contribution is 2.17. The van der Waals surface area contributed by atoms with Gasteiger partial charge in [0, 0.05) is 24.4 Å². The van der Waals surface area contributed by atoms with Crippen LogP contribution in [0.25, 0.3) is 0 Å². The Morgan fingerprint density at radius 1 is 1.13 bits per heavy atom. The van der Waals surface area contributed by atoms with Crippen LogP contribution in [0.15, 0.2) is 29.3 Å². The fourth-order valence-electron chi connectivity index (χ4n) is 2.47. The molecule has 0 bridgehead atoms. The zero-order valence-electron chi connectivity index (χ0n) is 17.3. The number of halogens is 4. The average Bonchev–Trinajstić information content (AvgIpc) is 2.97. The average molecular weight is 556 g/mol. The van der Waals surface area contributed by atoms with E-state index in [-0.39, 0.29) is 30.6 Å². The number of nitrogens with zero attached hydrogens (tertiary/aromatic N) is 2. The SMILES string of the molecule is CCNC(=NCc1ccc(COCC(F)(F)F)cc1)NCCc1nc(C)c(C)s1.I. The molecular weight excluding hydrogens is 528 g/mol. The topological polar surface area (TPSA) is 58.5 Å². The lowest BCUT2D eigenvalue weighted by atomic mass is 10.1. The van der Waals surface area contributed by atoms with E-state index in [0.717, 1.165) is 41.7 Å². The predicted molar refractivity (Wildman–Crippen MR) is 126 cm³/mol. The van der Waals surface area contributed by atoms with Gasteiger partial charge >= 0.3 is 6.18 Å². The number of rotatable bonds is 9. The minimum Gasteiger partial charge on any atom is -0.367 e. The number of benzene rings is 1. The third-order valence-corrected chi connectivity index (χ3v) is 5.16. The van der Waals surface area contributed by atoms with Gasteiger partial charge in [0.25, 0.3) is 0 Å². The summed E-state index contributed by atoms with van der Waals surface area (Å²) in [5, 5.41) is 7.61. The summed E-state index contributed by atoms with van der Waals surface area (Å²) in [6.45, 7) is 6.73.